The van der Waals surface area contributed by atoms with E-state index in [4.69, 9.17) is 4.74 Å². The van der Waals surface area contributed by atoms with E-state index in [0.29, 0.717) is 17.3 Å². The van der Waals surface area contributed by atoms with Gasteiger partial charge in [-0.25, -0.2) is 9.18 Å². The molecular weight excluding hydrogens is 333 g/mol. The van der Waals surface area contributed by atoms with Crippen LogP contribution >= 0.6 is 0 Å². The Morgan fingerprint density at radius 2 is 2.15 bits per heavy atom. The average molecular weight is 355 g/mol. The molecule has 1 aromatic heterocycles. The number of aryl methyl sites for hydroxylation is 1. The average Bonchev–Trinajstić information content (AvgIpc) is 2.63. The van der Waals surface area contributed by atoms with Crippen molar-refractivity contribution in [1.82, 2.24) is 9.88 Å². The maximum atomic E-state index is 13.5. The number of aromatic nitrogens is 1. The zero-order valence-corrected chi connectivity index (χ0v) is 14.9. The minimum atomic E-state index is -0.379. The van der Waals surface area contributed by atoms with Crippen LogP contribution in [0.15, 0.2) is 36.7 Å². The summed E-state index contributed by atoms with van der Waals surface area (Å²) in [5, 5.41) is 2.99. The highest BCUT2D eigenvalue weighted by atomic mass is 19.1. The summed E-state index contributed by atoms with van der Waals surface area (Å²) in [6.45, 7) is 1.95. The lowest BCUT2D eigenvalue weighted by molar-refractivity contribution is -0.0881. The van der Waals surface area contributed by atoms with Gasteiger partial charge >= 0.3 is 6.03 Å². The third-order valence-corrected chi connectivity index (χ3v) is 5.52. The number of piperidine rings is 1. The van der Waals surface area contributed by atoms with E-state index < -0.39 is 0 Å². The fraction of sp³-hybridized carbons (Fsp3) is 0.400. The first-order valence-electron chi connectivity index (χ1n) is 8.90. The van der Waals surface area contributed by atoms with Crippen molar-refractivity contribution in [2.75, 3.05) is 12.4 Å². The summed E-state index contributed by atoms with van der Waals surface area (Å²) < 4.78 is 19.0. The summed E-state index contributed by atoms with van der Waals surface area (Å²) in [4.78, 5) is 18.6. The van der Waals surface area contributed by atoms with Crippen LogP contribution in [0.4, 0.5) is 14.9 Å². The number of rotatable bonds is 3. The molecule has 3 aliphatic rings. The Morgan fingerprint density at radius 3 is 2.88 bits per heavy atom. The molecule has 0 spiro atoms. The van der Waals surface area contributed by atoms with Gasteiger partial charge in [0.25, 0.3) is 0 Å². The summed E-state index contributed by atoms with van der Waals surface area (Å²) in [6.07, 6.45) is 5.94. The molecule has 0 radical (unpaired) electrons. The van der Waals surface area contributed by atoms with Gasteiger partial charge in [0.2, 0.25) is 0 Å². The topological polar surface area (TPSA) is 54.5 Å². The van der Waals surface area contributed by atoms with Gasteiger partial charge in [-0.1, -0.05) is 6.07 Å². The zero-order chi connectivity index (χ0) is 18.3. The zero-order valence-electron chi connectivity index (χ0n) is 14.9. The van der Waals surface area contributed by atoms with Gasteiger partial charge in [0.15, 0.2) is 0 Å². The molecule has 136 valence electrons. The smallest absolute Gasteiger partial charge is 0.322 e. The lowest BCUT2D eigenvalue weighted by Crippen LogP contribution is -2.67. The van der Waals surface area contributed by atoms with E-state index in [-0.39, 0.29) is 24.0 Å². The Kier molecular flexibility index (Phi) is 4.36. The van der Waals surface area contributed by atoms with Crippen molar-refractivity contribution in [1.29, 1.82) is 0 Å². The molecule has 1 N–H and O–H groups in total. The maximum Gasteiger partial charge on any atom is 0.322 e. The number of ether oxygens (including phenoxy) is 1. The van der Waals surface area contributed by atoms with Crippen molar-refractivity contribution in [2.45, 2.75) is 44.4 Å². The van der Waals surface area contributed by atoms with E-state index in [1.54, 1.807) is 13.3 Å². The first kappa shape index (κ1) is 17.0. The van der Waals surface area contributed by atoms with Gasteiger partial charge in [-0.15, -0.1) is 0 Å². The second kappa shape index (κ2) is 6.68. The van der Waals surface area contributed by atoms with Crippen LogP contribution in [0.25, 0.3) is 11.1 Å². The number of urea groups is 1. The van der Waals surface area contributed by atoms with Crippen LogP contribution in [0.1, 0.15) is 24.8 Å². The number of carbonyl (C=O) groups excluding carboxylic acids is 1. The molecule has 2 amide bonds. The maximum absolute atomic E-state index is 13.5. The number of nitrogens with one attached hydrogen (secondary N) is 1. The number of carbonyl (C=O) groups is 1. The van der Waals surface area contributed by atoms with Crippen molar-refractivity contribution in [2.24, 2.45) is 0 Å². The number of methoxy groups -OCH3 is 1. The molecule has 1 aliphatic carbocycles. The highest BCUT2D eigenvalue weighted by molar-refractivity contribution is 5.91. The fourth-order valence-corrected chi connectivity index (χ4v) is 4.12. The van der Waals surface area contributed by atoms with Crippen molar-refractivity contribution in [3.8, 4) is 11.1 Å². The molecule has 3 unspecified atom stereocenters. The van der Waals surface area contributed by atoms with E-state index in [2.05, 4.69) is 10.3 Å². The summed E-state index contributed by atoms with van der Waals surface area (Å²) >= 11 is 0. The molecule has 5 nitrogen and oxygen atoms in total. The molecule has 26 heavy (non-hydrogen) atoms. The molecule has 1 aromatic carbocycles. The molecule has 3 fully saturated rings. The lowest BCUT2D eigenvalue weighted by Gasteiger charge is -2.55. The van der Waals surface area contributed by atoms with Gasteiger partial charge in [-0.3, -0.25) is 4.98 Å². The van der Waals surface area contributed by atoms with Crippen LogP contribution in [0, 0.1) is 12.7 Å². The monoisotopic (exact) mass is 355 g/mol. The predicted octanol–water partition coefficient (Wildman–Crippen LogP) is 3.98. The van der Waals surface area contributed by atoms with Crippen molar-refractivity contribution >= 4 is 11.7 Å². The van der Waals surface area contributed by atoms with Crippen LogP contribution in [-0.2, 0) is 4.74 Å². The minimum Gasteiger partial charge on any atom is -0.379 e. The Hall–Kier alpha value is -2.47. The number of hydrogen-bond acceptors (Lipinski definition) is 3. The van der Waals surface area contributed by atoms with Crippen LogP contribution in [-0.4, -0.2) is 41.2 Å². The lowest BCUT2D eigenvalue weighted by atomic mass is 9.78. The van der Waals surface area contributed by atoms with Gasteiger partial charge in [0, 0.05) is 30.6 Å². The molecule has 1 saturated carbocycles. The van der Waals surface area contributed by atoms with Gasteiger partial charge in [0.05, 0.1) is 18.3 Å². The van der Waals surface area contributed by atoms with E-state index >= 15 is 0 Å². The van der Waals surface area contributed by atoms with Gasteiger partial charge in [-0.2, -0.15) is 0 Å². The van der Waals surface area contributed by atoms with Crippen molar-refractivity contribution in [3.05, 3.63) is 48.0 Å². The Balaban J connectivity index is 1.54. The summed E-state index contributed by atoms with van der Waals surface area (Å²) in [5.41, 5.74) is 3.24. The first-order chi connectivity index (χ1) is 12.6. The molecule has 2 saturated heterocycles. The summed E-state index contributed by atoms with van der Waals surface area (Å²) in [7, 11) is 1.71. The van der Waals surface area contributed by atoms with E-state index in [0.717, 1.165) is 30.4 Å². The van der Waals surface area contributed by atoms with Gasteiger partial charge in [0.1, 0.15) is 5.82 Å². The number of fused-ring (bicyclic) bond motifs is 2. The summed E-state index contributed by atoms with van der Waals surface area (Å²) in [6, 6.07) is 7.48. The molecular formula is C20H22FN3O2. The molecule has 2 aliphatic heterocycles. The summed E-state index contributed by atoms with van der Waals surface area (Å²) in [5.74, 6) is -0.379. The van der Waals surface area contributed by atoms with Crippen molar-refractivity contribution < 1.29 is 13.9 Å². The normalized spacial score (nSPS) is 24.1. The third kappa shape index (κ3) is 2.94. The molecule has 3 heterocycles. The first-order valence-corrected chi connectivity index (χ1v) is 8.90. The van der Waals surface area contributed by atoms with Crippen LogP contribution in [0.3, 0.4) is 0 Å². The third-order valence-electron chi connectivity index (χ3n) is 5.52. The minimum absolute atomic E-state index is 0.0971. The molecule has 2 bridgehead atoms. The Labute approximate surface area is 152 Å². The number of nitrogens with zero attached hydrogens (tertiary/aromatic N) is 2. The van der Waals surface area contributed by atoms with E-state index in [9.17, 15) is 9.18 Å². The second-order valence-corrected chi connectivity index (χ2v) is 7.07. The molecule has 2 aromatic rings. The molecule has 6 heteroatoms. The Bertz CT molecular complexity index is 840. The van der Waals surface area contributed by atoms with Crippen molar-refractivity contribution in [3.63, 3.8) is 0 Å². The number of hydrogen-bond donors (Lipinski definition) is 1. The number of halogens is 1. The molecule has 3 atom stereocenters. The highest BCUT2D eigenvalue weighted by Gasteiger charge is 2.49. The predicted molar refractivity (Wildman–Crippen MR) is 97.4 cm³/mol. The largest absolute Gasteiger partial charge is 0.379 e. The highest BCUT2D eigenvalue weighted by Crippen LogP contribution is 2.40. The fourth-order valence-electron chi connectivity index (χ4n) is 4.12. The quantitative estimate of drug-likeness (QED) is 0.906. The van der Waals surface area contributed by atoms with Crippen LogP contribution in [0.2, 0.25) is 0 Å². The number of pyridine rings is 1. The molecule has 5 rings (SSSR count). The van der Waals surface area contributed by atoms with Gasteiger partial charge in [-0.05, 0) is 55.5 Å². The number of anilines is 1. The Morgan fingerprint density at radius 1 is 1.31 bits per heavy atom. The standard InChI is InChI=1S/C20H22FN3O2/c1-12-3-4-15(8-17(12)13-7-14(21)11-22-10-13)23-20(25)24-16-5-6-19(26-2)18(24)9-16/h3-4,7-8,10-11,16,18-19H,5-6,9H2,1-2H3,(H,23,25). The van der Waals surface area contributed by atoms with E-state index in [1.165, 1.54) is 12.3 Å². The second-order valence-electron chi connectivity index (χ2n) is 7.07. The number of benzene rings is 1. The SMILES string of the molecule is COC1CCC2CC1N2C(=O)Nc1ccc(C)c(-c2cncc(F)c2)c1. The van der Waals surface area contributed by atoms with Crippen LogP contribution < -0.4 is 5.32 Å². The van der Waals surface area contributed by atoms with Gasteiger partial charge < -0.3 is 15.0 Å². The number of amides is 2. The van der Waals surface area contributed by atoms with E-state index in [1.807, 2.05) is 30.0 Å². The van der Waals surface area contributed by atoms with Crippen LogP contribution in [0.5, 0.6) is 0 Å².